The zero-order valence-electron chi connectivity index (χ0n) is 21.7. The van der Waals surface area contributed by atoms with Gasteiger partial charge >= 0.3 is 16.6 Å². The van der Waals surface area contributed by atoms with Crippen molar-refractivity contribution in [3.63, 3.8) is 0 Å². The van der Waals surface area contributed by atoms with Crippen LogP contribution in [0, 0.1) is 17.1 Å². The van der Waals surface area contributed by atoms with Crippen molar-refractivity contribution in [2.75, 3.05) is 18.3 Å². The second-order valence-electron chi connectivity index (χ2n) is 9.09. The maximum atomic E-state index is 14.1. The van der Waals surface area contributed by atoms with Crippen LogP contribution < -0.4 is 10.6 Å². The number of carbonyl (C=O) groups excluding carboxylic acids is 1. The molecule has 11 nitrogen and oxygen atoms in total. The van der Waals surface area contributed by atoms with Gasteiger partial charge in [0.1, 0.15) is 24.0 Å². The molecule has 0 fully saturated rings. The van der Waals surface area contributed by atoms with Gasteiger partial charge in [0.15, 0.2) is 29.5 Å². The van der Waals surface area contributed by atoms with E-state index in [1.54, 1.807) is 5.32 Å². The van der Waals surface area contributed by atoms with Gasteiger partial charge in [0, 0.05) is 24.9 Å². The first-order valence-corrected chi connectivity index (χ1v) is 16.9. The molecule has 0 aliphatic rings. The third-order valence-corrected chi connectivity index (χ3v) is 11.6. The molecule has 21 heteroatoms. The molecule has 0 aliphatic heterocycles. The van der Waals surface area contributed by atoms with Crippen molar-refractivity contribution in [1.82, 2.24) is 15.6 Å². The number of hydrogen-bond acceptors (Lipinski definition) is 10. The van der Waals surface area contributed by atoms with E-state index in [9.17, 15) is 66.0 Å². The number of carbonyl (C=O) groups is 1. The number of benzene rings is 1. The van der Waals surface area contributed by atoms with Crippen molar-refractivity contribution in [3.05, 3.63) is 65.2 Å². The van der Waals surface area contributed by atoms with Gasteiger partial charge in [0.25, 0.3) is 0 Å². The summed E-state index contributed by atoms with van der Waals surface area (Å²) >= 11 is 0. The molecule has 238 valence electrons. The molecule has 1 heterocycles. The quantitative estimate of drug-likeness (QED) is 0.332. The average Bonchev–Trinajstić information content (AvgIpc) is 2.82. The largest absolute Gasteiger partial charge is 0.416 e. The summed E-state index contributed by atoms with van der Waals surface area (Å²) < 4.78 is 167. The Morgan fingerprint density at radius 1 is 0.953 bits per heavy atom. The minimum atomic E-state index is -5.37. The van der Waals surface area contributed by atoms with E-state index in [4.69, 9.17) is 0 Å². The van der Waals surface area contributed by atoms with E-state index in [1.807, 2.05) is 0 Å². The number of aromatic nitrogens is 1. The van der Waals surface area contributed by atoms with Gasteiger partial charge in [-0.15, -0.1) is 0 Å². The van der Waals surface area contributed by atoms with Crippen molar-refractivity contribution in [2.24, 2.45) is 0 Å². The highest BCUT2D eigenvalue weighted by Gasteiger charge is 2.54. The zero-order chi connectivity index (χ0) is 33.2. The van der Waals surface area contributed by atoms with E-state index in [0.717, 1.165) is 6.07 Å². The molecule has 1 aromatic carbocycles. The lowest BCUT2D eigenvalue weighted by molar-refractivity contribution is -0.160. The first kappa shape index (κ1) is 35.8. The van der Waals surface area contributed by atoms with Crippen LogP contribution in [0.15, 0.2) is 42.7 Å². The van der Waals surface area contributed by atoms with Crippen LogP contribution in [0.5, 0.6) is 0 Å². The number of nitrogens with one attached hydrogen (secondary N) is 2. The van der Waals surface area contributed by atoms with E-state index in [2.05, 4.69) is 4.98 Å². The molecule has 2 aromatic rings. The molecular formula is C22H21F7N4O7S3. The summed E-state index contributed by atoms with van der Waals surface area (Å²) in [6, 6.07) is -2.11. The Morgan fingerprint density at radius 3 is 1.93 bits per heavy atom. The summed E-state index contributed by atoms with van der Waals surface area (Å²) in [5.41, 5.74) is -3.23. The second kappa shape index (κ2) is 12.3. The number of pyridine rings is 1. The van der Waals surface area contributed by atoms with Crippen molar-refractivity contribution < 1.29 is 60.8 Å². The third-order valence-electron chi connectivity index (χ3n) is 5.70. The van der Waals surface area contributed by atoms with Crippen LogP contribution in [0.4, 0.5) is 30.7 Å². The highest BCUT2D eigenvalue weighted by molar-refractivity contribution is 8.10. The molecule has 0 bridgehead atoms. The van der Waals surface area contributed by atoms with E-state index in [1.165, 1.54) is 5.32 Å². The van der Waals surface area contributed by atoms with Crippen molar-refractivity contribution >= 4 is 35.4 Å². The van der Waals surface area contributed by atoms with E-state index in [-0.39, 0.29) is 12.5 Å². The molecule has 2 N–H and O–H groups in total. The lowest BCUT2D eigenvalue weighted by Gasteiger charge is -2.30. The van der Waals surface area contributed by atoms with Crippen molar-refractivity contribution in [3.8, 4) is 6.07 Å². The van der Waals surface area contributed by atoms with Gasteiger partial charge in [-0.2, -0.15) is 31.6 Å². The number of amides is 1. The lowest BCUT2D eigenvalue weighted by Crippen LogP contribution is -2.63. The summed E-state index contributed by atoms with van der Waals surface area (Å²) in [5, 5.41) is 12.3. The smallest absolute Gasteiger partial charge is 0.311 e. The molecule has 0 spiro atoms. The number of rotatable bonds is 11. The molecule has 0 saturated carbocycles. The Hall–Kier alpha value is -3.35. The van der Waals surface area contributed by atoms with Gasteiger partial charge < -0.3 is 5.32 Å². The topological polar surface area (TPSA) is 180 Å². The van der Waals surface area contributed by atoms with Crippen LogP contribution in [-0.2, 0) is 46.2 Å². The molecule has 2 rings (SSSR count). The number of halogens is 7. The van der Waals surface area contributed by atoms with Crippen LogP contribution in [0.3, 0.4) is 0 Å². The Bertz CT molecular complexity index is 1690. The van der Waals surface area contributed by atoms with Crippen LogP contribution in [0.25, 0.3) is 0 Å². The summed E-state index contributed by atoms with van der Waals surface area (Å²) in [4.78, 5) is 16.6. The summed E-state index contributed by atoms with van der Waals surface area (Å²) in [7, 11) is -15.3. The number of sulfone groups is 3. The Balaban J connectivity index is 2.68. The van der Waals surface area contributed by atoms with Gasteiger partial charge in [0.05, 0.1) is 17.1 Å². The molecule has 1 aromatic heterocycles. The fraction of sp³-hybridized carbons (Fsp3) is 0.409. The predicted molar refractivity (Wildman–Crippen MR) is 135 cm³/mol. The Labute approximate surface area is 240 Å². The predicted octanol–water partition coefficient (Wildman–Crippen LogP) is 1.80. The molecule has 1 amide bonds. The molecule has 2 atom stereocenters. The maximum absolute atomic E-state index is 14.1. The van der Waals surface area contributed by atoms with E-state index in [0.29, 0.717) is 42.7 Å². The second-order valence-corrected chi connectivity index (χ2v) is 15.8. The number of alkyl halides is 6. The molecule has 43 heavy (non-hydrogen) atoms. The Kier molecular flexibility index (Phi) is 10.3. The minimum absolute atomic E-state index is 0.189. The number of nitriles is 1. The summed E-state index contributed by atoms with van der Waals surface area (Å²) in [5.74, 6) is -6.36. The summed E-state index contributed by atoms with van der Waals surface area (Å²) in [6.45, 7) is 0. The third kappa shape index (κ3) is 8.61. The van der Waals surface area contributed by atoms with Gasteiger partial charge in [0.2, 0.25) is 5.91 Å². The molecule has 0 radical (unpaired) electrons. The fourth-order valence-corrected chi connectivity index (χ4v) is 8.39. The van der Waals surface area contributed by atoms with Gasteiger partial charge in [-0.05, 0) is 29.3 Å². The average molecular weight is 683 g/mol. The van der Waals surface area contributed by atoms with E-state index < -0.39 is 98.1 Å². The lowest BCUT2D eigenvalue weighted by atomic mass is 10.1. The van der Waals surface area contributed by atoms with Crippen LogP contribution in [0.1, 0.15) is 22.7 Å². The van der Waals surface area contributed by atoms with Crippen LogP contribution in [-0.4, -0.2) is 70.8 Å². The normalized spacial score (nSPS) is 14.9. The monoisotopic (exact) mass is 682 g/mol. The molecular weight excluding hydrogens is 661 g/mol. The number of nitrogens with zero attached hydrogens (tertiary/aromatic N) is 2. The standard InChI is InChI=1S/C22H21F7N4O7S3/c1-41(35,36)20(12-30,42(2,37)38)33-19(34)17(32-18(22(27,28)29)13-3-5-15(23)6-4-13)11-43(39,40)10-14-9-31-8-7-16(14)21(24,25)26/h3-9,17-18,32H,10-11H2,1-2H3,(H,33,34)/t17-,18-/m0/s1. The first-order valence-electron chi connectivity index (χ1n) is 11.3. The van der Waals surface area contributed by atoms with Crippen molar-refractivity contribution in [2.45, 2.75) is 34.4 Å². The van der Waals surface area contributed by atoms with Gasteiger partial charge in [-0.3, -0.25) is 15.1 Å². The SMILES string of the molecule is CS(=O)(=O)C(C#N)(NC(=O)[C@H](CS(=O)(=O)Cc1cnccc1C(F)(F)F)N[C@@H](c1ccc(F)cc1)C(F)(F)F)S(C)(=O)=O. The fourth-order valence-electron chi connectivity index (χ4n) is 3.71. The van der Waals surface area contributed by atoms with E-state index >= 15 is 0 Å². The Morgan fingerprint density at radius 2 is 1.49 bits per heavy atom. The maximum Gasteiger partial charge on any atom is 0.416 e. The molecule has 0 aliphatic carbocycles. The van der Waals surface area contributed by atoms with Gasteiger partial charge in [-0.1, -0.05) is 12.1 Å². The first-order chi connectivity index (χ1) is 19.3. The summed E-state index contributed by atoms with van der Waals surface area (Å²) in [6.07, 6.45) is -8.89. The van der Waals surface area contributed by atoms with Crippen LogP contribution >= 0.6 is 0 Å². The van der Waals surface area contributed by atoms with Gasteiger partial charge in [-0.25, -0.2) is 29.6 Å². The van der Waals surface area contributed by atoms with Crippen molar-refractivity contribution in [1.29, 1.82) is 5.26 Å². The highest BCUT2D eigenvalue weighted by Crippen LogP contribution is 2.35. The van der Waals surface area contributed by atoms with Crippen LogP contribution in [0.2, 0.25) is 0 Å². The molecule has 0 unspecified atom stereocenters. The zero-order valence-corrected chi connectivity index (χ0v) is 24.2. The number of hydrogen-bond donors (Lipinski definition) is 2. The minimum Gasteiger partial charge on any atom is -0.311 e. The molecule has 0 saturated heterocycles. The highest BCUT2D eigenvalue weighted by atomic mass is 32.3.